The molecule has 0 fully saturated rings. The Morgan fingerprint density at radius 1 is 1.39 bits per heavy atom. The number of fused-ring (bicyclic) bond motifs is 1. The third-order valence-corrected chi connectivity index (χ3v) is 3.99. The van der Waals surface area contributed by atoms with Crippen molar-refractivity contribution in [1.82, 2.24) is 0 Å². The van der Waals surface area contributed by atoms with Crippen LogP contribution in [-0.4, -0.2) is 17.2 Å². The number of hydrogen-bond donors (Lipinski definition) is 2. The Balaban J connectivity index is 2.82. The van der Waals surface area contributed by atoms with Crippen LogP contribution in [0.4, 0.5) is 4.39 Å². The molecular weight excluding hydrogens is 252 g/mol. The summed E-state index contributed by atoms with van der Waals surface area (Å²) in [4.78, 5) is 0. The van der Waals surface area contributed by atoms with Crippen LogP contribution in [0.25, 0.3) is 10.1 Å². The Labute approximate surface area is 108 Å². The second-order valence-corrected chi connectivity index (χ2v) is 5.44. The van der Waals surface area contributed by atoms with E-state index in [9.17, 15) is 4.39 Å². The lowest BCUT2D eigenvalue weighted by Gasteiger charge is -2.08. The average molecular weight is 263 g/mol. The van der Waals surface area contributed by atoms with Crippen molar-refractivity contribution >= 4 is 33.3 Å². The quantitative estimate of drug-likeness (QED) is 0.811. The minimum atomic E-state index is -1.64. The van der Waals surface area contributed by atoms with Gasteiger partial charge in [0.15, 0.2) is 0 Å². The molecule has 1 aromatic carbocycles. The number of rotatable bonds is 2. The number of nitriles is 1. The maximum absolute atomic E-state index is 14.2. The van der Waals surface area contributed by atoms with Crippen molar-refractivity contribution in [1.29, 1.82) is 5.26 Å². The summed E-state index contributed by atoms with van der Waals surface area (Å²) in [5.41, 5.74) is 0.836. The molecule has 0 saturated carbocycles. The van der Waals surface area contributed by atoms with Gasteiger partial charge in [0, 0.05) is 10.2 Å². The summed E-state index contributed by atoms with van der Waals surface area (Å²) >= 11 is 1.03. The fourth-order valence-corrected chi connectivity index (χ4v) is 2.83. The summed E-state index contributed by atoms with van der Waals surface area (Å²) in [7, 11) is -1.64. The van der Waals surface area contributed by atoms with Gasteiger partial charge in [-0.2, -0.15) is 5.26 Å². The van der Waals surface area contributed by atoms with Gasteiger partial charge in [-0.05, 0) is 23.6 Å². The summed E-state index contributed by atoms with van der Waals surface area (Å²) in [5, 5.41) is 27.6. The van der Waals surface area contributed by atoms with Crippen LogP contribution in [0.15, 0.2) is 12.1 Å². The van der Waals surface area contributed by atoms with Gasteiger partial charge in [0.25, 0.3) is 0 Å². The standard InChI is InChI=1S/C12H11BFNO2S/c1-6(2)8-3-7(5-15)12-9(11(8)14)4-10(18-12)13(16)17/h3-4,6,16-17H,1-2H3. The van der Waals surface area contributed by atoms with Crippen LogP contribution in [0.2, 0.25) is 0 Å². The van der Waals surface area contributed by atoms with E-state index in [4.69, 9.17) is 15.3 Å². The number of nitrogens with zero attached hydrogens (tertiary/aromatic N) is 1. The van der Waals surface area contributed by atoms with Crippen molar-refractivity contribution in [3.8, 4) is 6.07 Å². The van der Waals surface area contributed by atoms with E-state index in [1.807, 2.05) is 19.9 Å². The lowest BCUT2D eigenvalue weighted by Crippen LogP contribution is -2.26. The highest BCUT2D eigenvalue weighted by molar-refractivity contribution is 7.28. The zero-order chi connectivity index (χ0) is 13.4. The largest absolute Gasteiger partial charge is 0.499 e. The topological polar surface area (TPSA) is 64.2 Å². The first-order chi connectivity index (χ1) is 8.45. The molecule has 0 spiro atoms. The third-order valence-electron chi connectivity index (χ3n) is 2.78. The van der Waals surface area contributed by atoms with Gasteiger partial charge < -0.3 is 10.0 Å². The van der Waals surface area contributed by atoms with Crippen LogP contribution in [-0.2, 0) is 0 Å². The van der Waals surface area contributed by atoms with Gasteiger partial charge >= 0.3 is 7.12 Å². The number of halogens is 1. The van der Waals surface area contributed by atoms with Crippen LogP contribution < -0.4 is 4.78 Å². The highest BCUT2D eigenvalue weighted by atomic mass is 32.1. The summed E-state index contributed by atoms with van der Waals surface area (Å²) in [6.07, 6.45) is 0. The highest BCUT2D eigenvalue weighted by Crippen LogP contribution is 2.31. The Morgan fingerprint density at radius 2 is 2.06 bits per heavy atom. The molecule has 6 heteroatoms. The number of hydrogen-bond acceptors (Lipinski definition) is 4. The van der Waals surface area contributed by atoms with Gasteiger partial charge in [0.1, 0.15) is 11.9 Å². The molecule has 3 nitrogen and oxygen atoms in total. The number of thiophene rings is 1. The van der Waals surface area contributed by atoms with Gasteiger partial charge in [0.05, 0.1) is 10.3 Å². The van der Waals surface area contributed by atoms with Crippen LogP contribution >= 0.6 is 11.3 Å². The van der Waals surface area contributed by atoms with Crippen molar-refractivity contribution in [2.75, 3.05) is 0 Å². The van der Waals surface area contributed by atoms with Gasteiger partial charge in [-0.15, -0.1) is 11.3 Å². The normalized spacial score (nSPS) is 10.9. The van der Waals surface area contributed by atoms with Crippen molar-refractivity contribution < 1.29 is 14.4 Å². The van der Waals surface area contributed by atoms with Crippen LogP contribution in [0.5, 0.6) is 0 Å². The first-order valence-electron chi connectivity index (χ1n) is 5.47. The van der Waals surface area contributed by atoms with Gasteiger partial charge in [-0.3, -0.25) is 0 Å². The highest BCUT2D eigenvalue weighted by Gasteiger charge is 2.21. The fraction of sp³-hybridized carbons (Fsp3) is 0.250. The van der Waals surface area contributed by atoms with E-state index in [1.165, 1.54) is 12.1 Å². The molecule has 0 saturated heterocycles. The minimum absolute atomic E-state index is 0.0381. The molecule has 92 valence electrons. The molecule has 2 rings (SSSR count). The molecule has 0 aliphatic carbocycles. The lowest BCUT2D eigenvalue weighted by atomic mass is 9.88. The number of benzene rings is 1. The van der Waals surface area contributed by atoms with E-state index in [1.54, 1.807) is 0 Å². The van der Waals surface area contributed by atoms with E-state index in [0.717, 1.165) is 11.3 Å². The van der Waals surface area contributed by atoms with Crippen molar-refractivity contribution in [3.63, 3.8) is 0 Å². The summed E-state index contributed by atoms with van der Waals surface area (Å²) in [6.45, 7) is 3.69. The van der Waals surface area contributed by atoms with E-state index < -0.39 is 7.12 Å². The van der Waals surface area contributed by atoms with E-state index in [2.05, 4.69) is 0 Å². The Kier molecular flexibility index (Phi) is 3.39. The summed E-state index contributed by atoms with van der Waals surface area (Å²) in [5.74, 6) is -0.425. The first-order valence-corrected chi connectivity index (χ1v) is 6.29. The van der Waals surface area contributed by atoms with Crippen molar-refractivity contribution in [2.45, 2.75) is 19.8 Å². The molecule has 0 aliphatic heterocycles. The van der Waals surface area contributed by atoms with Crippen LogP contribution in [0.3, 0.4) is 0 Å². The lowest BCUT2D eigenvalue weighted by molar-refractivity contribution is 0.427. The van der Waals surface area contributed by atoms with E-state index in [-0.39, 0.29) is 21.9 Å². The molecule has 1 heterocycles. The molecule has 1 aromatic heterocycles. The Bertz CT molecular complexity index is 646. The van der Waals surface area contributed by atoms with E-state index >= 15 is 0 Å². The zero-order valence-corrected chi connectivity index (χ0v) is 10.8. The molecule has 18 heavy (non-hydrogen) atoms. The van der Waals surface area contributed by atoms with Crippen molar-refractivity contribution in [3.05, 3.63) is 29.1 Å². The molecular formula is C12H11BFNO2S. The molecule has 0 atom stereocenters. The summed E-state index contributed by atoms with van der Waals surface area (Å²) in [6, 6.07) is 4.95. The fourth-order valence-electron chi connectivity index (χ4n) is 1.84. The van der Waals surface area contributed by atoms with Gasteiger partial charge in [-0.1, -0.05) is 13.8 Å². The molecule has 0 radical (unpaired) electrons. The maximum Gasteiger partial charge on any atom is 0.499 e. The van der Waals surface area contributed by atoms with Gasteiger partial charge in [0.2, 0.25) is 0 Å². The minimum Gasteiger partial charge on any atom is -0.423 e. The van der Waals surface area contributed by atoms with Crippen molar-refractivity contribution in [2.24, 2.45) is 0 Å². The maximum atomic E-state index is 14.2. The monoisotopic (exact) mass is 263 g/mol. The molecule has 2 N–H and O–H groups in total. The zero-order valence-electron chi connectivity index (χ0n) is 9.94. The third kappa shape index (κ3) is 2.01. The van der Waals surface area contributed by atoms with Crippen LogP contribution in [0, 0.1) is 17.1 Å². The molecule has 0 bridgehead atoms. The predicted molar refractivity (Wildman–Crippen MR) is 70.4 cm³/mol. The SMILES string of the molecule is CC(C)c1cc(C#N)c2sc(B(O)O)cc2c1F. The second-order valence-electron chi connectivity index (χ2n) is 4.36. The second kappa shape index (κ2) is 4.69. The average Bonchev–Trinajstić information content (AvgIpc) is 2.74. The first kappa shape index (κ1) is 13.0. The molecule has 0 aliphatic rings. The summed E-state index contributed by atoms with van der Waals surface area (Å²) < 4.78 is 14.9. The van der Waals surface area contributed by atoms with Crippen LogP contribution in [0.1, 0.15) is 30.9 Å². The van der Waals surface area contributed by atoms with E-state index in [0.29, 0.717) is 15.8 Å². The smallest absolute Gasteiger partial charge is 0.423 e. The Morgan fingerprint density at radius 3 is 2.56 bits per heavy atom. The Hall–Kier alpha value is -1.42. The molecule has 0 amide bonds. The molecule has 0 unspecified atom stereocenters. The van der Waals surface area contributed by atoms with Gasteiger partial charge in [-0.25, -0.2) is 4.39 Å². The molecule has 2 aromatic rings. The predicted octanol–water partition coefficient (Wildman–Crippen LogP) is 1.72.